The zero-order valence-electron chi connectivity index (χ0n) is 22.9. The Labute approximate surface area is 239 Å². The summed E-state index contributed by atoms with van der Waals surface area (Å²) in [5.74, 6) is -0.0226. The molecule has 4 aromatic rings. The predicted molar refractivity (Wildman–Crippen MR) is 159 cm³/mol. The number of Topliss-reactive ketones (excluding diaryl/α,β-unsaturated/α-hetero) is 1. The second kappa shape index (κ2) is 14.7. The fourth-order valence-electron chi connectivity index (χ4n) is 4.51. The highest BCUT2D eigenvalue weighted by Crippen LogP contribution is 2.29. The maximum absolute atomic E-state index is 13.4. The quantitative estimate of drug-likeness (QED) is 0.139. The number of hydrogen-bond donors (Lipinski definition) is 0. The van der Waals surface area contributed by atoms with Gasteiger partial charge in [-0.05, 0) is 74.4 Å². The number of nitrogens with zero attached hydrogens (tertiary/aromatic N) is 3. The molecular weight excluding hydrogens is 526 g/mol. The Kier molecular flexibility index (Phi) is 10.7. The summed E-state index contributed by atoms with van der Waals surface area (Å²) in [6.07, 6.45) is 4.78. The number of benzene rings is 2. The number of fused-ring (bicyclic) bond motifs is 1. The van der Waals surface area contributed by atoms with Gasteiger partial charge in [-0.25, -0.2) is 0 Å². The molecule has 8 heteroatoms. The van der Waals surface area contributed by atoms with Gasteiger partial charge in [0.25, 0.3) is 5.91 Å². The van der Waals surface area contributed by atoms with Crippen LogP contribution in [0.1, 0.15) is 45.7 Å². The molecule has 0 atom stereocenters. The van der Waals surface area contributed by atoms with Crippen molar-refractivity contribution in [3.8, 4) is 0 Å². The number of rotatable bonds is 14. The van der Waals surface area contributed by atoms with Crippen molar-refractivity contribution in [1.82, 2.24) is 9.55 Å². The number of aryl methyl sites for hydroxylation is 1. The highest BCUT2D eigenvalue weighted by molar-refractivity contribution is 6.30. The van der Waals surface area contributed by atoms with Gasteiger partial charge < -0.3 is 9.47 Å². The monoisotopic (exact) mass is 559 g/mol. The minimum Gasteiger partial charge on any atom is -0.379 e. The van der Waals surface area contributed by atoms with Gasteiger partial charge in [0.15, 0.2) is 0 Å². The number of aromatic nitrogens is 2. The van der Waals surface area contributed by atoms with Gasteiger partial charge in [0.05, 0.1) is 37.6 Å². The summed E-state index contributed by atoms with van der Waals surface area (Å²) in [5.41, 5.74) is 4.92. The number of aliphatic imine (C=N–C) groups is 1. The Balaban J connectivity index is 1.23. The van der Waals surface area contributed by atoms with Crippen LogP contribution in [0.2, 0.25) is 5.02 Å². The lowest BCUT2D eigenvalue weighted by Crippen LogP contribution is -2.14. The molecule has 0 saturated carbocycles. The zero-order chi connectivity index (χ0) is 28.3. The SMILES string of the molecule is Cc1ccc2c(c1)c(CC(=O)CCCOCCOCCN=Cc1ccccn1)c(C)n2C(=O)c1ccc(Cl)cc1. The average Bonchev–Trinajstić information content (AvgIpc) is 3.22. The van der Waals surface area contributed by atoms with Crippen LogP contribution in [0.15, 0.2) is 71.9 Å². The molecule has 0 amide bonds. The van der Waals surface area contributed by atoms with Crippen LogP contribution in [-0.4, -0.2) is 60.4 Å². The number of pyridine rings is 1. The Morgan fingerprint density at radius 1 is 0.975 bits per heavy atom. The first-order valence-corrected chi connectivity index (χ1v) is 13.8. The molecule has 7 nitrogen and oxygen atoms in total. The van der Waals surface area contributed by atoms with Crippen molar-refractivity contribution in [2.75, 3.05) is 33.0 Å². The molecule has 2 heterocycles. The third kappa shape index (κ3) is 7.94. The van der Waals surface area contributed by atoms with Crippen LogP contribution in [0.25, 0.3) is 10.9 Å². The van der Waals surface area contributed by atoms with E-state index in [2.05, 4.69) is 9.98 Å². The first kappa shape index (κ1) is 29.3. The summed E-state index contributed by atoms with van der Waals surface area (Å²) in [5, 5.41) is 1.51. The molecule has 0 aliphatic carbocycles. The second-order valence-electron chi connectivity index (χ2n) is 9.57. The van der Waals surface area contributed by atoms with Gasteiger partial charge in [0.1, 0.15) is 5.78 Å². The van der Waals surface area contributed by atoms with E-state index in [-0.39, 0.29) is 18.1 Å². The normalized spacial score (nSPS) is 11.5. The van der Waals surface area contributed by atoms with E-state index in [0.717, 1.165) is 33.4 Å². The third-order valence-electron chi connectivity index (χ3n) is 6.55. The number of ketones is 1. The maximum atomic E-state index is 13.4. The van der Waals surface area contributed by atoms with Crippen LogP contribution in [-0.2, 0) is 20.7 Å². The fourth-order valence-corrected chi connectivity index (χ4v) is 4.64. The van der Waals surface area contributed by atoms with Crippen LogP contribution >= 0.6 is 11.6 Å². The second-order valence-corrected chi connectivity index (χ2v) is 10.0. The molecule has 0 aliphatic rings. The van der Waals surface area contributed by atoms with Gasteiger partial charge in [0, 0.05) is 53.5 Å². The highest BCUT2D eigenvalue weighted by atomic mass is 35.5. The summed E-state index contributed by atoms with van der Waals surface area (Å²) >= 11 is 6.01. The topological polar surface area (TPSA) is 82.8 Å². The summed E-state index contributed by atoms with van der Waals surface area (Å²) in [4.78, 5) is 34.8. The summed E-state index contributed by atoms with van der Waals surface area (Å²) < 4.78 is 12.9. The number of carbonyl (C=O) groups is 2. The highest BCUT2D eigenvalue weighted by Gasteiger charge is 2.21. The van der Waals surface area contributed by atoms with E-state index >= 15 is 0 Å². The van der Waals surface area contributed by atoms with Crippen LogP contribution in [0.3, 0.4) is 0 Å². The van der Waals surface area contributed by atoms with Crippen molar-refractivity contribution in [2.45, 2.75) is 33.1 Å². The van der Waals surface area contributed by atoms with Crippen molar-refractivity contribution in [3.63, 3.8) is 0 Å². The van der Waals surface area contributed by atoms with Gasteiger partial charge in [-0.1, -0.05) is 29.3 Å². The summed E-state index contributed by atoms with van der Waals surface area (Å²) in [6.45, 7) is 6.42. The van der Waals surface area contributed by atoms with E-state index in [1.807, 2.05) is 50.2 Å². The van der Waals surface area contributed by atoms with Gasteiger partial charge >= 0.3 is 0 Å². The Bertz CT molecular complexity index is 1460. The lowest BCUT2D eigenvalue weighted by atomic mass is 10.0. The summed E-state index contributed by atoms with van der Waals surface area (Å²) in [6, 6.07) is 18.5. The maximum Gasteiger partial charge on any atom is 0.262 e. The van der Waals surface area contributed by atoms with E-state index in [0.29, 0.717) is 56.4 Å². The largest absolute Gasteiger partial charge is 0.379 e. The Morgan fingerprint density at radius 2 is 1.75 bits per heavy atom. The van der Waals surface area contributed by atoms with Crippen molar-refractivity contribution in [1.29, 1.82) is 0 Å². The minimum absolute atomic E-state index is 0.119. The van der Waals surface area contributed by atoms with E-state index < -0.39 is 0 Å². The van der Waals surface area contributed by atoms with E-state index in [1.54, 1.807) is 41.2 Å². The molecule has 0 unspecified atom stereocenters. The van der Waals surface area contributed by atoms with Gasteiger partial charge in [0.2, 0.25) is 0 Å². The molecular formula is C32H34ClN3O4. The molecule has 2 aromatic carbocycles. The van der Waals surface area contributed by atoms with Gasteiger partial charge in [-0.2, -0.15) is 0 Å². The third-order valence-corrected chi connectivity index (χ3v) is 6.80. The molecule has 40 heavy (non-hydrogen) atoms. The predicted octanol–water partition coefficient (Wildman–Crippen LogP) is 6.04. The Morgan fingerprint density at radius 3 is 2.50 bits per heavy atom. The Hall–Kier alpha value is -3.65. The van der Waals surface area contributed by atoms with Crippen molar-refractivity contribution >= 4 is 40.4 Å². The van der Waals surface area contributed by atoms with Crippen molar-refractivity contribution in [2.24, 2.45) is 4.99 Å². The molecule has 0 spiro atoms. The smallest absolute Gasteiger partial charge is 0.262 e. The standard InChI is InChI=1S/C32H34ClN3O4/c1-23-8-13-31-30(20-23)29(24(2)36(31)32(38)25-9-11-26(33)12-10-25)21-28(37)7-5-16-39-18-19-40-17-15-34-22-27-6-3-4-14-35-27/h3-4,6,8-14,20,22H,5,7,15-19,21H2,1-2H3. The van der Waals surface area contributed by atoms with Crippen molar-refractivity contribution in [3.05, 3.63) is 100.0 Å². The molecule has 4 rings (SSSR count). The first-order valence-electron chi connectivity index (χ1n) is 13.4. The molecule has 0 bridgehead atoms. The van der Waals surface area contributed by atoms with Gasteiger partial charge in [-0.15, -0.1) is 0 Å². The van der Waals surface area contributed by atoms with Crippen LogP contribution in [0.5, 0.6) is 0 Å². The minimum atomic E-state index is -0.141. The molecule has 0 saturated heterocycles. The lowest BCUT2D eigenvalue weighted by Gasteiger charge is -2.08. The summed E-state index contributed by atoms with van der Waals surface area (Å²) in [7, 11) is 0. The number of carbonyl (C=O) groups excluding carboxylic acids is 2. The van der Waals surface area contributed by atoms with E-state index in [4.69, 9.17) is 21.1 Å². The van der Waals surface area contributed by atoms with Gasteiger partial charge in [-0.3, -0.25) is 24.1 Å². The number of ether oxygens (including phenoxy) is 2. The van der Waals surface area contributed by atoms with E-state index in [1.165, 1.54) is 0 Å². The molecule has 2 aromatic heterocycles. The van der Waals surface area contributed by atoms with Crippen LogP contribution in [0.4, 0.5) is 0 Å². The first-order chi connectivity index (χ1) is 19.4. The number of hydrogen-bond acceptors (Lipinski definition) is 6. The fraction of sp³-hybridized carbons (Fsp3) is 0.312. The zero-order valence-corrected chi connectivity index (χ0v) is 23.7. The lowest BCUT2D eigenvalue weighted by molar-refractivity contribution is -0.118. The van der Waals surface area contributed by atoms with Crippen LogP contribution in [0, 0.1) is 13.8 Å². The molecule has 0 radical (unpaired) electrons. The van der Waals surface area contributed by atoms with Crippen LogP contribution < -0.4 is 0 Å². The molecule has 0 fully saturated rings. The van der Waals surface area contributed by atoms with Crippen molar-refractivity contribution < 1.29 is 19.1 Å². The average molecular weight is 560 g/mol. The molecule has 0 N–H and O–H groups in total. The number of halogens is 1. The molecule has 0 aliphatic heterocycles. The molecule has 208 valence electrons. The van der Waals surface area contributed by atoms with E-state index in [9.17, 15) is 9.59 Å².